The van der Waals surface area contributed by atoms with Crippen LogP contribution in [0.5, 0.6) is 0 Å². The second-order valence-corrected chi connectivity index (χ2v) is 7.73. The van der Waals surface area contributed by atoms with E-state index >= 15 is 0 Å². The number of likely N-dealkylation sites (N-methyl/N-ethyl adjacent to an activating group) is 1. The molecule has 1 aromatic carbocycles. The Hall–Kier alpha value is -2.34. The summed E-state index contributed by atoms with van der Waals surface area (Å²) in [5.74, 6) is -0.0937. The van der Waals surface area contributed by atoms with Crippen LogP contribution in [0.4, 0.5) is 5.69 Å². The Morgan fingerprint density at radius 3 is 2.38 bits per heavy atom. The van der Waals surface area contributed by atoms with Gasteiger partial charge in [-0.2, -0.15) is 0 Å². The molecule has 1 aliphatic rings. The van der Waals surface area contributed by atoms with Crippen LogP contribution in [-0.4, -0.2) is 54.3 Å². The molecule has 1 saturated heterocycles. The standard InChI is InChI=1S/C20H27N3O3/c1-5-22-10-12-23(13-11-22)18(24)17-16(21-19(25)20(2,3)4)14-8-6-7-9-15(14)26-17/h6-9H,5,10-13H2,1-4H3,(H,21,25). The number of carbonyl (C=O) groups is 2. The van der Waals surface area contributed by atoms with E-state index < -0.39 is 5.41 Å². The maximum atomic E-state index is 13.1. The van der Waals surface area contributed by atoms with E-state index in [1.54, 1.807) is 4.90 Å². The predicted octanol–water partition coefficient (Wildman–Crippen LogP) is 3.20. The second-order valence-electron chi connectivity index (χ2n) is 7.73. The first-order valence-electron chi connectivity index (χ1n) is 9.16. The van der Waals surface area contributed by atoms with Crippen molar-refractivity contribution in [1.82, 2.24) is 9.80 Å². The van der Waals surface area contributed by atoms with Crippen molar-refractivity contribution in [2.75, 3.05) is 38.0 Å². The van der Waals surface area contributed by atoms with Gasteiger partial charge < -0.3 is 19.5 Å². The summed E-state index contributed by atoms with van der Waals surface area (Å²) >= 11 is 0. The highest BCUT2D eigenvalue weighted by atomic mass is 16.3. The Bertz CT molecular complexity index is 811. The highest BCUT2D eigenvalue weighted by molar-refractivity contribution is 6.11. The molecule has 6 heteroatoms. The fraction of sp³-hybridized carbons (Fsp3) is 0.500. The number of carbonyl (C=O) groups excluding carboxylic acids is 2. The van der Waals surface area contributed by atoms with Crippen molar-refractivity contribution < 1.29 is 14.0 Å². The zero-order valence-corrected chi connectivity index (χ0v) is 16.0. The highest BCUT2D eigenvalue weighted by Crippen LogP contribution is 2.33. The number of fused-ring (bicyclic) bond motifs is 1. The van der Waals surface area contributed by atoms with E-state index in [1.165, 1.54) is 0 Å². The van der Waals surface area contributed by atoms with Gasteiger partial charge >= 0.3 is 0 Å². The summed E-state index contributed by atoms with van der Waals surface area (Å²) in [4.78, 5) is 29.7. The van der Waals surface area contributed by atoms with Gasteiger partial charge in [0.2, 0.25) is 11.7 Å². The number of hydrogen-bond donors (Lipinski definition) is 1. The lowest BCUT2D eigenvalue weighted by atomic mass is 9.95. The summed E-state index contributed by atoms with van der Waals surface area (Å²) in [7, 11) is 0. The van der Waals surface area contributed by atoms with Crippen molar-refractivity contribution in [1.29, 1.82) is 0 Å². The Balaban J connectivity index is 1.93. The molecule has 2 heterocycles. The van der Waals surface area contributed by atoms with Crippen LogP contribution in [0.1, 0.15) is 38.2 Å². The van der Waals surface area contributed by atoms with Gasteiger partial charge in [-0.05, 0) is 18.7 Å². The third-order valence-electron chi connectivity index (χ3n) is 4.82. The van der Waals surface area contributed by atoms with Crippen LogP contribution in [0.15, 0.2) is 28.7 Å². The molecular weight excluding hydrogens is 330 g/mol. The first-order chi connectivity index (χ1) is 12.3. The molecule has 0 bridgehead atoms. The molecule has 3 rings (SSSR count). The van der Waals surface area contributed by atoms with Gasteiger partial charge in [-0.1, -0.05) is 39.8 Å². The molecule has 2 amide bonds. The monoisotopic (exact) mass is 357 g/mol. The van der Waals surface area contributed by atoms with Crippen molar-refractivity contribution in [2.45, 2.75) is 27.7 Å². The lowest BCUT2D eigenvalue weighted by Crippen LogP contribution is -2.48. The number of anilines is 1. The molecule has 1 aliphatic heterocycles. The van der Waals surface area contributed by atoms with Gasteiger partial charge in [0, 0.05) is 37.0 Å². The number of hydrogen-bond acceptors (Lipinski definition) is 4. The first kappa shape index (κ1) is 18.5. The van der Waals surface area contributed by atoms with Crippen LogP contribution in [0.2, 0.25) is 0 Å². The zero-order valence-electron chi connectivity index (χ0n) is 16.0. The van der Waals surface area contributed by atoms with E-state index in [4.69, 9.17) is 4.42 Å². The Labute approximate surface area is 154 Å². The minimum atomic E-state index is -0.564. The Morgan fingerprint density at radius 1 is 1.12 bits per heavy atom. The number of para-hydroxylation sites is 1. The maximum Gasteiger partial charge on any atom is 0.291 e. The second kappa shape index (κ2) is 7.11. The lowest BCUT2D eigenvalue weighted by molar-refractivity contribution is -0.123. The Kier molecular flexibility index (Phi) is 5.05. The number of nitrogens with zero attached hydrogens (tertiary/aromatic N) is 2. The van der Waals surface area contributed by atoms with Crippen LogP contribution >= 0.6 is 0 Å². The molecule has 0 radical (unpaired) electrons. The minimum absolute atomic E-state index is 0.145. The molecule has 1 aromatic heterocycles. The van der Waals surface area contributed by atoms with E-state index in [1.807, 2.05) is 45.0 Å². The quantitative estimate of drug-likeness (QED) is 0.916. The molecule has 0 atom stereocenters. The average Bonchev–Trinajstić information content (AvgIpc) is 2.99. The molecule has 6 nitrogen and oxygen atoms in total. The SMILES string of the molecule is CCN1CCN(C(=O)c2oc3ccccc3c2NC(=O)C(C)(C)C)CC1. The predicted molar refractivity (Wildman–Crippen MR) is 102 cm³/mol. The molecule has 2 aromatic rings. The summed E-state index contributed by atoms with van der Waals surface area (Å²) in [6.45, 7) is 11.7. The topological polar surface area (TPSA) is 65.8 Å². The third-order valence-corrected chi connectivity index (χ3v) is 4.82. The van der Waals surface area contributed by atoms with Crippen molar-refractivity contribution in [3.05, 3.63) is 30.0 Å². The van der Waals surface area contributed by atoms with Gasteiger partial charge in [0.15, 0.2) is 0 Å². The number of benzene rings is 1. The summed E-state index contributed by atoms with van der Waals surface area (Å²) in [5, 5.41) is 3.67. The summed E-state index contributed by atoms with van der Waals surface area (Å²) in [6.07, 6.45) is 0. The lowest BCUT2D eigenvalue weighted by Gasteiger charge is -2.33. The van der Waals surface area contributed by atoms with E-state index in [0.29, 0.717) is 24.4 Å². The largest absolute Gasteiger partial charge is 0.449 e. The van der Waals surface area contributed by atoms with Crippen molar-refractivity contribution in [3.63, 3.8) is 0 Å². The molecule has 1 fully saturated rings. The first-order valence-corrected chi connectivity index (χ1v) is 9.16. The van der Waals surface area contributed by atoms with Gasteiger partial charge in [-0.3, -0.25) is 9.59 Å². The van der Waals surface area contributed by atoms with Crippen LogP contribution < -0.4 is 5.32 Å². The summed E-state index contributed by atoms with van der Waals surface area (Å²) in [6, 6.07) is 7.41. The highest BCUT2D eigenvalue weighted by Gasteiger charge is 2.30. The van der Waals surface area contributed by atoms with E-state index in [2.05, 4.69) is 17.1 Å². The number of amides is 2. The number of furan rings is 1. The smallest absolute Gasteiger partial charge is 0.291 e. The minimum Gasteiger partial charge on any atom is -0.449 e. The van der Waals surface area contributed by atoms with Crippen molar-refractivity contribution in [3.8, 4) is 0 Å². The molecule has 26 heavy (non-hydrogen) atoms. The molecular formula is C20H27N3O3. The molecule has 0 saturated carbocycles. The van der Waals surface area contributed by atoms with E-state index in [0.717, 1.165) is 25.0 Å². The van der Waals surface area contributed by atoms with Crippen LogP contribution in [0.3, 0.4) is 0 Å². The van der Waals surface area contributed by atoms with Crippen LogP contribution in [0, 0.1) is 5.41 Å². The third kappa shape index (κ3) is 3.60. The average molecular weight is 357 g/mol. The van der Waals surface area contributed by atoms with E-state index in [9.17, 15) is 9.59 Å². The maximum absolute atomic E-state index is 13.1. The van der Waals surface area contributed by atoms with Gasteiger partial charge in [-0.25, -0.2) is 0 Å². The summed E-state index contributed by atoms with van der Waals surface area (Å²) in [5.41, 5.74) is 0.515. The fourth-order valence-electron chi connectivity index (χ4n) is 3.03. The van der Waals surface area contributed by atoms with Gasteiger partial charge in [-0.15, -0.1) is 0 Å². The van der Waals surface area contributed by atoms with Gasteiger partial charge in [0.05, 0.1) is 0 Å². The molecule has 0 aliphatic carbocycles. The van der Waals surface area contributed by atoms with Crippen LogP contribution in [0.25, 0.3) is 11.0 Å². The van der Waals surface area contributed by atoms with Gasteiger partial charge in [0.1, 0.15) is 11.3 Å². The molecule has 0 spiro atoms. The number of rotatable bonds is 3. The molecule has 140 valence electrons. The Morgan fingerprint density at radius 2 is 1.77 bits per heavy atom. The summed E-state index contributed by atoms with van der Waals surface area (Å²) < 4.78 is 5.86. The van der Waals surface area contributed by atoms with Crippen molar-refractivity contribution in [2.24, 2.45) is 5.41 Å². The fourth-order valence-corrected chi connectivity index (χ4v) is 3.03. The van der Waals surface area contributed by atoms with Crippen LogP contribution in [-0.2, 0) is 4.79 Å². The van der Waals surface area contributed by atoms with Gasteiger partial charge in [0.25, 0.3) is 5.91 Å². The van der Waals surface area contributed by atoms with Crippen molar-refractivity contribution >= 4 is 28.5 Å². The van der Waals surface area contributed by atoms with E-state index in [-0.39, 0.29) is 17.6 Å². The normalized spacial score (nSPS) is 16.1. The number of nitrogens with one attached hydrogen (secondary N) is 1. The zero-order chi connectivity index (χ0) is 18.9. The molecule has 0 unspecified atom stereocenters. The molecule has 1 N–H and O–H groups in total. The number of piperazine rings is 1.